The van der Waals surface area contributed by atoms with Crippen LogP contribution in [-0.4, -0.2) is 0 Å². The minimum atomic E-state index is -0.177. The average molecular weight is 349 g/mol. The fourth-order valence-corrected chi connectivity index (χ4v) is 4.05. The maximum Gasteiger partial charge on any atom is 0.124 e. The lowest BCUT2D eigenvalue weighted by Crippen LogP contribution is -1.90. The summed E-state index contributed by atoms with van der Waals surface area (Å²) in [5.41, 5.74) is 2.57. The zero-order chi connectivity index (χ0) is 14.1. The molecule has 1 aromatic heterocycles. The van der Waals surface area contributed by atoms with Crippen molar-refractivity contribution in [3.63, 3.8) is 0 Å². The Bertz CT molecular complexity index is 730. The van der Waals surface area contributed by atoms with Gasteiger partial charge >= 0.3 is 0 Å². The van der Waals surface area contributed by atoms with Crippen molar-refractivity contribution in [1.82, 2.24) is 0 Å². The van der Waals surface area contributed by atoms with Crippen LogP contribution in [0.25, 0.3) is 10.1 Å². The number of aryl methyl sites for hydroxylation is 1. The number of thiophene rings is 1. The van der Waals surface area contributed by atoms with Crippen molar-refractivity contribution < 1.29 is 4.39 Å². The van der Waals surface area contributed by atoms with Gasteiger partial charge in [0.1, 0.15) is 5.82 Å². The third-order valence-corrected chi connectivity index (χ3v) is 5.92. The van der Waals surface area contributed by atoms with Crippen LogP contribution >= 0.6 is 27.3 Å². The van der Waals surface area contributed by atoms with Crippen LogP contribution < -0.4 is 0 Å². The predicted molar refractivity (Wildman–Crippen MR) is 88.4 cm³/mol. The van der Waals surface area contributed by atoms with E-state index in [-0.39, 0.29) is 10.6 Å². The number of alkyl halides is 1. The monoisotopic (exact) mass is 348 g/mol. The van der Waals surface area contributed by atoms with Crippen molar-refractivity contribution >= 4 is 37.4 Å². The minimum absolute atomic E-state index is 0.161. The predicted octanol–water partition coefficient (Wildman–Crippen LogP) is 6.09. The van der Waals surface area contributed by atoms with Crippen LogP contribution in [0.2, 0.25) is 0 Å². The van der Waals surface area contributed by atoms with E-state index in [2.05, 4.69) is 53.2 Å². The lowest BCUT2D eigenvalue weighted by atomic mass is 10.1. The van der Waals surface area contributed by atoms with Gasteiger partial charge in [0, 0.05) is 9.58 Å². The summed E-state index contributed by atoms with van der Waals surface area (Å²) in [6.45, 7) is 2.15. The van der Waals surface area contributed by atoms with Crippen LogP contribution in [-0.2, 0) is 6.42 Å². The number of hydrogen-bond acceptors (Lipinski definition) is 1. The zero-order valence-electron chi connectivity index (χ0n) is 11.1. The molecule has 102 valence electrons. The fourth-order valence-electron chi connectivity index (χ4n) is 2.24. The molecule has 0 spiro atoms. The van der Waals surface area contributed by atoms with Crippen molar-refractivity contribution in [3.8, 4) is 0 Å². The highest BCUT2D eigenvalue weighted by molar-refractivity contribution is 9.09. The van der Waals surface area contributed by atoms with Crippen molar-refractivity contribution in [3.05, 3.63) is 70.4 Å². The zero-order valence-corrected chi connectivity index (χ0v) is 13.5. The number of fused-ring (bicyclic) bond motifs is 1. The lowest BCUT2D eigenvalue weighted by molar-refractivity contribution is 0.630. The Morgan fingerprint density at radius 3 is 2.55 bits per heavy atom. The second-order valence-electron chi connectivity index (χ2n) is 4.79. The summed E-state index contributed by atoms with van der Waals surface area (Å²) in [6, 6.07) is 15.7. The molecule has 1 atom stereocenters. The van der Waals surface area contributed by atoms with Gasteiger partial charge in [-0.3, -0.25) is 0 Å². The van der Waals surface area contributed by atoms with Gasteiger partial charge in [-0.05, 0) is 41.1 Å². The summed E-state index contributed by atoms with van der Waals surface area (Å²) in [5, 5.41) is 1.10. The van der Waals surface area contributed by atoms with Gasteiger partial charge < -0.3 is 0 Å². The molecule has 20 heavy (non-hydrogen) atoms. The molecule has 0 radical (unpaired) electrons. The van der Waals surface area contributed by atoms with E-state index in [1.807, 2.05) is 6.07 Å². The molecule has 2 aromatic carbocycles. The van der Waals surface area contributed by atoms with Crippen molar-refractivity contribution in [2.75, 3.05) is 0 Å². The molecule has 3 heteroatoms. The summed E-state index contributed by atoms with van der Waals surface area (Å²) in [5.74, 6) is -0.177. The smallest absolute Gasteiger partial charge is 0.124 e. The first kappa shape index (κ1) is 13.8. The van der Waals surface area contributed by atoms with Crippen molar-refractivity contribution in [2.24, 2.45) is 0 Å². The summed E-state index contributed by atoms with van der Waals surface area (Å²) < 4.78 is 14.2. The van der Waals surface area contributed by atoms with E-state index >= 15 is 0 Å². The Morgan fingerprint density at radius 2 is 1.85 bits per heavy atom. The fraction of sp³-hybridized carbons (Fsp3) is 0.176. The molecule has 0 saturated carbocycles. The Hall–Kier alpha value is -1.19. The van der Waals surface area contributed by atoms with E-state index in [0.717, 1.165) is 16.5 Å². The van der Waals surface area contributed by atoms with E-state index in [1.54, 1.807) is 17.4 Å². The van der Waals surface area contributed by atoms with E-state index in [9.17, 15) is 4.39 Å². The average Bonchev–Trinajstić information content (AvgIpc) is 2.89. The second-order valence-corrected chi connectivity index (χ2v) is 6.82. The van der Waals surface area contributed by atoms with Crippen LogP contribution in [0.1, 0.15) is 27.8 Å². The molecule has 0 aliphatic heterocycles. The van der Waals surface area contributed by atoms with E-state index in [0.29, 0.717) is 0 Å². The first-order chi connectivity index (χ1) is 9.67. The van der Waals surface area contributed by atoms with Crippen LogP contribution in [0.15, 0.2) is 48.5 Å². The SMILES string of the molecule is CCc1ccc(C(Br)c2cc3ccc(F)cc3s2)cc1. The highest BCUT2D eigenvalue weighted by Crippen LogP contribution is 2.38. The topological polar surface area (TPSA) is 0 Å². The van der Waals surface area contributed by atoms with Gasteiger partial charge in [0.05, 0.1) is 4.83 Å². The summed E-state index contributed by atoms with van der Waals surface area (Å²) in [6.07, 6.45) is 1.05. The summed E-state index contributed by atoms with van der Waals surface area (Å²) in [7, 11) is 0. The molecule has 0 aliphatic rings. The maximum absolute atomic E-state index is 13.2. The Morgan fingerprint density at radius 1 is 1.10 bits per heavy atom. The highest BCUT2D eigenvalue weighted by Gasteiger charge is 2.13. The van der Waals surface area contributed by atoms with Crippen LogP contribution in [0.3, 0.4) is 0 Å². The van der Waals surface area contributed by atoms with Crippen LogP contribution in [0.4, 0.5) is 4.39 Å². The van der Waals surface area contributed by atoms with Gasteiger partial charge in [0.15, 0.2) is 0 Å². The number of hydrogen-bond donors (Lipinski definition) is 0. The molecule has 0 aliphatic carbocycles. The number of rotatable bonds is 3. The van der Waals surface area contributed by atoms with Gasteiger partial charge in [-0.15, -0.1) is 11.3 Å². The van der Waals surface area contributed by atoms with Crippen LogP contribution in [0, 0.1) is 5.82 Å². The second kappa shape index (κ2) is 5.66. The molecule has 3 rings (SSSR count). The normalized spacial score (nSPS) is 12.8. The van der Waals surface area contributed by atoms with Gasteiger partial charge in [-0.1, -0.05) is 53.2 Å². The maximum atomic E-state index is 13.2. The Labute approximate surface area is 130 Å². The number of benzene rings is 2. The Kier molecular flexibility index (Phi) is 3.90. The van der Waals surface area contributed by atoms with E-state index in [4.69, 9.17) is 0 Å². The standard InChI is InChI=1S/C17H14BrFS/c1-2-11-3-5-12(6-4-11)17(18)16-9-13-7-8-14(19)10-15(13)20-16/h3-10,17H,2H2,1H3. The molecule has 0 fully saturated rings. The van der Waals surface area contributed by atoms with E-state index in [1.165, 1.54) is 22.1 Å². The molecule has 0 saturated heterocycles. The highest BCUT2D eigenvalue weighted by atomic mass is 79.9. The van der Waals surface area contributed by atoms with Gasteiger partial charge in [-0.2, -0.15) is 0 Å². The third-order valence-electron chi connectivity index (χ3n) is 3.43. The van der Waals surface area contributed by atoms with E-state index < -0.39 is 0 Å². The lowest BCUT2D eigenvalue weighted by Gasteiger charge is -2.08. The molecule has 0 nitrogen and oxygen atoms in total. The van der Waals surface area contributed by atoms with Crippen molar-refractivity contribution in [1.29, 1.82) is 0 Å². The third kappa shape index (κ3) is 2.65. The largest absolute Gasteiger partial charge is 0.207 e. The molecule has 1 heterocycles. The molecule has 0 N–H and O–H groups in total. The molecule has 0 amide bonds. The molecular formula is C17H14BrFS. The first-order valence-electron chi connectivity index (χ1n) is 6.59. The van der Waals surface area contributed by atoms with Crippen molar-refractivity contribution in [2.45, 2.75) is 18.2 Å². The van der Waals surface area contributed by atoms with Gasteiger partial charge in [-0.25, -0.2) is 4.39 Å². The van der Waals surface area contributed by atoms with Gasteiger partial charge in [0.25, 0.3) is 0 Å². The molecule has 3 aromatic rings. The molecule has 0 bridgehead atoms. The Balaban J connectivity index is 1.96. The quantitative estimate of drug-likeness (QED) is 0.502. The summed E-state index contributed by atoms with van der Waals surface area (Å²) in [4.78, 5) is 1.36. The first-order valence-corrected chi connectivity index (χ1v) is 8.32. The molecular weight excluding hydrogens is 335 g/mol. The minimum Gasteiger partial charge on any atom is -0.207 e. The molecule has 1 unspecified atom stereocenters. The number of halogens is 2. The summed E-state index contributed by atoms with van der Waals surface area (Å²) >= 11 is 5.39. The van der Waals surface area contributed by atoms with Gasteiger partial charge in [0.2, 0.25) is 0 Å². The van der Waals surface area contributed by atoms with Crippen LogP contribution in [0.5, 0.6) is 0 Å².